The van der Waals surface area contributed by atoms with E-state index in [0.717, 1.165) is 23.4 Å². The summed E-state index contributed by atoms with van der Waals surface area (Å²) in [5.41, 5.74) is 1.99. The van der Waals surface area contributed by atoms with Gasteiger partial charge in [0, 0.05) is 24.1 Å². The van der Waals surface area contributed by atoms with Gasteiger partial charge in [0.05, 0.1) is 5.69 Å². The molecule has 0 aliphatic carbocycles. The predicted molar refractivity (Wildman–Crippen MR) is 85.5 cm³/mol. The van der Waals surface area contributed by atoms with Crippen molar-refractivity contribution in [2.45, 2.75) is 19.9 Å². The highest BCUT2D eigenvalue weighted by atomic mass is 19.1. The monoisotopic (exact) mass is 315 g/mol. The molecule has 1 heterocycles. The minimum absolute atomic E-state index is 0.179. The normalized spacial score (nSPS) is 10.9. The van der Waals surface area contributed by atoms with Crippen molar-refractivity contribution < 1.29 is 13.2 Å². The van der Waals surface area contributed by atoms with Crippen molar-refractivity contribution >= 4 is 16.7 Å². The molecule has 0 saturated carbocycles. The fourth-order valence-electron chi connectivity index (χ4n) is 2.46. The first kappa shape index (κ1) is 15.2. The molecule has 2 aromatic carbocycles. The standard InChI is InChI=1S/C18H15F2NO2/c1-2-11-3-5-14-12(8-18(22)23-17(14)7-11)10-21-16-6-4-13(19)9-15(16)20/h3-9,21H,2,10H2,1H3. The zero-order valence-electron chi connectivity index (χ0n) is 12.5. The Morgan fingerprint density at radius 2 is 1.91 bits per heavy atom. The van der Waals surface area contributed by atoms with Crippen LogP contribution in [0.4, 0.5) is 14.5 Å². The summed E-state index contributed by atoms with van der Waals surface area (Å²) in [5.74, 6) is -1.31. The second-order valence-electron chi connectivity index (χ2n) is 5.25. The molecule has 0 aliphatic rings. The maximum absolute atomic E-state index is 13.7. The van der Waals surface area contributed by atoms with E-state index in [1.54, 1.807) is 0 Å². The lowest BCUT2D eigenvalue weighted by Crippen LogP contribution is -2.07. The predicted octanol–water partition coefficient (Wildman–Crippen LogP) is 4.25. The molecule has 0 atom stereocenters. The SMILES string of the molecule is CCc1ccc2c(CNc3ccc(F)cc3F)cc(=O)oc2c1. The number of nitrogens with one attached hydrogen (secondary N) is 1. The van der Waals surface area contributed by atoms with Crippen molar-refractivity contribution in [1.82, 2.24) is 0 Å². The van der Waals surface area contributed by atoms with Crippen molar-refractivity contribution in [2.24, 2.45) is 0 Å². The summed E-state index contributed by atoms with van der Waals surface area (Å²) in [6.07, 6.45) is 0.836. The van der Waals surface area contributed by atoms with Crippen molar-refractivity contribution in [2.75, 3.05) is 5.32 Å². The van der Waals surface area contributed by atoms with Crippen LogP contribution in [0.25, 0.3) is 11.0 Å². The minimum Gasteiger partial charge on any atom is -0.423 e. The maximum atomic E-state index is 13.7. The van der Waals surface area contributed by atoms with Crippen LogP contribution in [-0.4, -0.2) is 0 Å². The van der Waals surface area contributed by atoms with Crippen LogP contribution in [0.1, 0.15) is 18.1 Å². The fourth-order valence-corrected chi connectivity index (χ4v) is 2.46. The van der Waals surface area contributed by atoms with Gasteiger partial charge in [-0.3, -0.25) is 0 Å². The summed E-state index contributed by atoms with van der Waals surface area (Å²) in [6.45, 7) is 2.25. The molecule has 3 aromatic rings. The summed E-state index contributed by atoms with van der Waals surface area (Å²) in [6, 6.07) is 10.4. The molecule has 5 heteroatoms. The van der Waals surface area contributed by atoms with Gasteiger partial charge in [0.15, 0.2) is 0 Å². The zero-order chi connectivity index (χ0) is 16.4. The van der Waals surface area contributed by atoms with Gasteiger partial charge in [0.1, 0.15) is 17.2 Å². The first-order chi connectivity index (χ1) is 11.1. The molecule has 0 fully saturated rings. The summed E-state index contributed by atoms with van der Waals surface area (Å²) < 4.78 is 31.8. The number of halogens is 2. The largest absolute Gasteiger partial charge is 0.423 e. The van der Waals surface area contributed by atoms with Gasteiger partial charge in [0.2, 0.25) is 0 Å². The van der Waals surface area contributed by atoms with Crippen LogP contribution in [0.15, 0.2) is 51.7 Å². The number of fused-ring (bicyclic) bond motifs is 1. The number of hydrogen-bond acceptors (Lipinski definition) is 3. The van der Waals surface area contributed by atoms with Crippen LogP contribution in [-0.2, 0) is 13.0 Å². The van der Waals surface area contributed by atoms with E-state index < -0.39 is 17.3 Å². The molecule has 0 saturated heterocycles. The van der Waals surface area contributed by atoms with Crippen molar-refractivity contribution in [1.29, 1.82) is 0 Å². The van der Waals surface area contributed by atoms with E-state index >= 15 is 0 Å². The van der Waals surface area contributed by atoms with Gasteiger partial charge in [-0.2, -0.15) is 0 Å². The molecule has 3 nitrogen and oxygen atoms in total. The quantitative estimate of drug-likeness (QED) is 0.732. The molecule has 1 aromatic heterocycles. The number of rotatable bonds is 4. The Balaban J connectivity index is 1.94. The third kappa shape index (κ3) is 3.23. The highest BCUT2D eigenvalue weighted by molar-refractivity contribution is 5.81. The molecule has 23 heavy (non-hydrogen) atoms. The van der Waals surface area contributed by atoms with Gasteiger partial charge >= 0.3 is 5.63 Å². The van der Waals surface area contributed by atoms with E-state index in [4.69, 9.17) is 4.42 Å². The highest BCUT2D eigenvalue weighted by Gasteiger charge is 2.08. The van der Waals surface area contributed by atoms with E-state index in [1.165, 1.54) is 18.2 Å². The molecule has 0 spiro atoms. The Morgan fingerprint density at radius 3 is 2.65 bits per heavy atom. The number of aryl methyl sites for hydroxylation is 1. The van der Waals surface area contributed by atoms with Gasteiger partial charge in [-0.25, -0.2) is 13.6 Å². The molecule has 118 valence electrons. The van der Waals surface area contributed by atoms with Crippen LogP contribution < -0.4 is 10.9 Å². The zero-order valence-corrected chi connectivity index (χ0v) is 12.5. The van der Waals surface area contributed by atoms with Crippen LogP contribution in [0, 0.1) is 11.6 Å². The van der Waals surface area contributed by atoms with Crippen molar-refractivity contribution in [3.8, 4) is 0 Å². The van der Waals surface area contributed by atoms with Crippen LogP contribution in [0.5, 0.6) is 0 Å². The summed E-state index contributed by atoms with van der Waals surface area (Å²) >= 11 is 0. The second kappa shape index (κ2) is 6.20. The minimum atomic E-state index is -0.675. The smallest absolute Gasteiger partial charge is 0.336 e. The summed E-state index contributed by atoms with van der Waals surface area (Å²) in [5, 5.41) is 3.67. The van der Waals surface area contributed by atoms with Gasteiger partial charge < -0.3 is 9.73 Å². The lowest BCUT2D eigenvalue weighted by molar-refractivity contribution is 0.558. The number of hydrogen-bond donors (Lipinski definition) is 1. The Morgan fingerprint density at radius 1 is 1.09 bits per heavy atom. The van der Waals surface area contributed by atoms with E-state index in [1.807, 2.05) is 25.1 Å². The Kier molecular flexibility index (Phi) is 4.10. The van der Waals surface area contributed by atoms with E-state index in [-0.39, 0.29) is 12.2 Å². The molecule has 0 amide bonds. The Hall–Kier alpha value is -2.69. The molecule has 0 bridgehead atoms. The van der Waals surface area contributed by atoms with Gasteiger partial charge in [-0.05, 0) is 35.7 Å². The molecular formula is C18H15F2NO2. The fraction of sp³-hybridized carbons (Fsp3) is 0.167. The molecule has 0 radical (unpaired) electrons. The van der Waals surface area contributed by atoms with Crippen molar-refractivity contribution in [3.05, 3.63) is 75.6 Å². The summed E-state index contributed by atoms with van der Waals surface area (Å²) in [7, 11) is 0. The average Bonchev–Trinajstić information content (AvgIpc) is 2.53. The first-order valence-electron chi connectivity index (χ1n) is 7.31. The van der Waals surface area contributed by atoms with E-state index in [2.05, 4.69) is 5.32 Å². The Bertz CT molecular complexity index is 919. The van der Waals surface area contributed by atoms with Crippen LogP contribution >= 0.6 is 0 Å². The van der Waals surface area contributed by atoms with Gasteiger partial charge in [-0.15, -0.1) is 0 Å². The lowest BCUT2D eigenvalue weighted by Gasteiger charge is -2.10. The van der Waals surface area contributed by atoms with E-state index in [9.17, 15) is 13.6 Å². The summed E-state index contributed by atoms with van der Waals surface area (Å²) in [4.78, 5) is 11.7. The van der Waals surface area contributed by atoms with Gasteiger partial charge in [-0.1, -0.05) is 19.1 Å². The Labute approximate surface area is 131 Å². The molecular weight excluding hydrogens is 300 g/mol. The van der Waals surface area contributed by atoms with E-state index in [0.29, 0.717) is 11.1 Å². The third-order valence-electron chi connectivity index (χ3n) is 3.70. The molecule has 3 rings (SSSR count). The van der Waals surface area contributed by atoms with Crippen LogP contribution in [0.2, 0.25) is 0 Å². The second-order valence-corrected chi connectivity index (χ2v) is 5.25. The number of benzene rings is 2. The van der Waals surface area contributed by atoms with Gasteiger partial charge in [0.25, 0.3) is 0 Å². The maximum Gasteiger partial charge on any atom is 0.336 e. The third-order valence-corrected chi connectivity index (χ3v) is 3.70. The molecule has 1 N–H and O–H groups in total. The van der Waals surface area contributed by atoms with Crippen molar-refractivity contribution in [3.63, 3.8) is 0 Å². The lowest BCUT2D eigenvalue weighted by atomic mass is 10.1. The highest BCUT2D eigenvalue weighted by Crippen LogP contribution is 2.21. The first-order valence-corrected chi connectivity index (χ1v) is 7.31. The molecule has 0 unspecified atom stereocenters. The van der Waals surface area contributed by atoms with Crippen LogP contribution in [0.3, 0.4) is 0 Å². The average molecular weight is 315 g/mol. The molecule has 0 aliphatic heterocycles. The topological polar surface area (TPSA) is 42.2 Å². The number of anilines is 1.